The van der Waals surface area contributed by atoms with Crippen molar-refractivity contribution in [2.75, 3.05) is 0 Å². The van der Waals surface area contributed by atoms with Crippen LogP contribution in [0.5, 0.6) is 11.7 Å². The van der Waals surface area contributed by atoms with Gasteiger partial charge in [-0.1, -0.05) is 66.7 Å². The van der Waals surface area contributed by atoms with E-state index in [-0.39, 0.29) is 5.95 Å². The van der Waals surface area contributed by atoms with Gasteiger partial charge in [0, 0.05) is 16.5 Å². The molecule has 36 heavy (non-hydrogen) atoms. The lowest BCUT2D eigenvalue weighted by atomic mass is 9.98. The van der Waals surface area contributed by atoms with Crippen LogP contribution >= 0.6 is 0 Å². The summed E-state index contributed by atoms with van der Waals surface area (Å²) in [6.45, 7) is 4.55. The number of benzene rings is 3. The van der Waals surface area contributed by atoms with Gasteiger partial charge in [-0.3, -0.25) is 0 Å². The third kappa shape index (κ3) is 3.77. The summed E-state index contributed by atoms with van der Waals surface area (Å²) in [7, 11) is 0. The highest BCUT2D eigenvalue weighted by Gasteiger charge is 2.22. The molecule has 0 saturated carbocycles. The number of pyridine rings is 1. The molecule has 0 aliphatic rings. The highest BCUT2D eigenvalue weighted by atomic mass is 16.5. The predicted molar refractivity (Wildman–Crippen MR) is 139 cm³/mol. The van der Waals surface area contributed by atoms with E-state index >= 15 is 0 Å². The molecule has 0 spiro atoms. The second-order valence-electron chi connectivity index (χ2n) is 8.73. The Morgan fingerprint density at radius 3 is 2.47 bits per heavy atom. The van der Waals surface area contributed by atoms with Crippen LogP contribution in [-0.4, -0.2) is 15.2 Å². The zero-order chi connectivity index (χ0) is 24.6. The van der Waals surface area contributed by atoms with Crippen LogP contribution in [0, 0.1) is 6.92 Å². The standard InChI is InChI=1S/C30H24N2O4/c1-3-20-13-14-26(34-17-19-9-5-4-6-10-19)28-22(23-16-27(33)36-32-23)15-24(31-29(20)28)30-18(2)21-11-7-8-12-25(21)35-30/h4-16,33H,3,17H2,1-2H3. The lowest BCUT2D eigenvalue weighted by Crippen LogP contribution is -2.00. The summed E-state index contributed by atoms with van der Waals surface area (Å²) in [6.07, 6.45) is 0.786. The average Bonchev–Trinajstić information content (AvgIpc) is 3.50. The number of para-hydroxylation sites is 1. The first-order valence-corrected chi connectivity index (χ1v) is 11.9. The molecule has 6 aromatic rings. The molecule has 3 heterocycles. The van der Waals surface area contributed by atoms with Crippen molar-refractivity contribution in [3.05, 3.63) is 95.6 Å². The summed E-state index contributed by atoms with van der Waals surface area (Å²) in [5.74, 6) is 1.13. The summed E-state index contributed by atoms with van der Waals surface area (Å²) in [6, 6.07) is 25.4. The van der Waals surface area contributed by atoms with Gasteiger partial charge in [0.15, 0.2) is 5.76 Å². The molecule has 0 aliphatic carbocycles. The minimum atomic E-state index is -0.255. The summed E-state index contributed by atoms with van der Waals surface area (Å²) in [5, 5.41) is 15.9. The van der Waals surface area contributed by atoms with Crippen LogP contribution in [0.1, 0.15) is 23.6 Å². The molecule has 0 radical (unpaired) electrons. The second-order valence-corrected chi connectivity index (χ2v) is 8.73. The van der Waals surface area contributed by atoms with Crippen molar-refractivity contribution in [2.24, 2.45) is 0 Å². The molecule has 0 saturated heterocycles. The normalized spacial score (nSPS) is 11.4. The van der Waals surface area contributed by atoms with Crippen LogP contribution in [-0.2, 0) is 13.0 Å². The number of fused-ring (bicyclic) bond motifs is 2. The fourth-order valence-electron chi connectivity index (χ4n) is 4.64. The molecule has 6 nitrogen and oxygen atoms in total. The highest BCUT2D eigenvalue weighted by molar-refractivity contribution is 6.02. The Hall–Kier alpha value is -4.58. The topological polar surface area (TPSA) is 81.5 Å². The number of aromatic nitrogens is 2. The van der Waals surface area contributed by atoms with Gasteiger partial charge in [-0.05, 0) is 42.7 Å². The number of ether oxygens (including phenoxy) is 1. The molecule has 3 aromatic carbocycles. The van der Waals surface area contributed by atoms with Crippen LogP contribution in [0.3, 0.4) is 0 Å². The SMILES string of the molecule is CCc1ccc(OCc2ccccc2)c2c(-c3cc(O)on3)cc(-c3oc4ccccc4c3C)nc12. The summed E-state index contributed by atoms with van der Waals surface area (Å²) in [5.41, 5.74) is 6.69. The molecule has 6 rings (SSSR count). The van der Waals surface area contributed by atoms with Crippen LogP contribution in [0.25, 0.3) is 44.6 Å². The predicted octanol–water partition coefficient (Wildman–Crippen LogP) is 7.46. The number of aryl methyl sites for hydroxylation is 2. The quantitative estimate of drug-likeness (QED) is 0.269. The van der Waals surface area contributed by atoms with E-state index in [1.165, 1.54) is 6.07 Å². The van der Waals surface area contributed by atoms with Crippen molar-refractivity contribution in [3.63, 3.8) is 0 Å². The molecule has 0 atom stereocenters. The van der Waals surface area contributed by atoms with Crippen molar-refractivity contribution < 1.29 is 18.8 Å². The van der Waals surface area contributed by atoms with Crippen molar-refractivity contribution in [1.29, 1.82) is 0 Å². The lowest BCUT2D eigenvalue weighted by molar-refractivity contribution is 0.278. The van der Waals surface area contributed by atoms with Crippen molar-refractivity contribution >= 4 is 21.9 Å². The van der Waals surface area contributed by atoms with E-state index < -0.39 is 0 Å². The average molecular weight is 477 g/mol. The van der Waals surface area contributed by atoms with Crippen molar-refractivity contribution in [3.8, 4) is 34.4 Å². The van der Waals surface area contributed by atoms with Crippen LogP contribution in [0.15, 0.2) is 87.8 Å². The first kappa shape index (κ1) is 21.9. The Bertz CT molecular complexity index is 1700. The molecule has 1 N–H and O–H groups in total. The minimum absolute atomic E-state index is 0.255. The Balaban J connectivity index is 1.59. The number of rotatable bonds is 6. The molecular weight excluding hydrogens is 452 g/mol. The van der Waals surface area contributed by atoms with E-state index in [0.717, 1.165) is 50.5 Å². The molecule has 0 bridgehead atoms. The molecular formula is C30H24N2O4. The third-order valence-corrected chi connectivity index (χ3v) is 6.47. The van der Waals surface area contributed by atoms with Crippen LogP contribution in [0.4, 0.5) is 0 Å². The number of nitrogens with zero attached hydrogens (tertiary/aromatic N) is 2. The first-order valence-electron chi connectivity index (χ1n) is 11.9. The maximum absolute atomic E-state index is 9.94. The van der Waals surface area contributed by atoms with Gasteiger partial charge < -0.3 is 18.8 Å². The lowest BCUT2D eigenvalue weighted by Gasteiger charge is -2.15. The fraction of sp³-hybridized carbons (Fsp3) is 0.133. The van der Waals surface area contributed by atoms with Gasteiger partial charge in [0.25, 0.3) is 0 Å². The zero-order valence-corrected chi connectivity index (χ0v) is 20.0. The van der Waals surface area contributed by atoms with Gasteiger partial charge in [0.2, 0.25) is 0 Å². The van der Waals surface area contributed by atoms with Gasteiger partial charge >= 0.3 is 5.95 Å². The molecule has 0 aliphatic heterocycles. The molecule has 6 heteroatoms. The Kier molecular flexibility index (Phi) is 5.41. The maximum atomic E-state index is 9.94. The van der Waals surface area contributed by atoms with E-state index in [1.54, 1.807) is 0 Å². The van der Waals surface area contributed by atoms with E-state index in [9.17, 15) is 5.11 Å². The summed E-state index contributed by atoms with van der Waals surface area (Å²) < 4.78 is 17.6. The van der Waals surface area contributed by atoms with Crippen LogP contribution in [0.2, 0.25) is 0 Å². The largest absolute Gasteiger partial charge is 0.488 e. The number of hydrogen-bond donors (Lipinski definition) is 1. The van der Waals surface area contributed by atoms with Gasteiger partial charge in [0.05, 0.1) is 17.0 Å². The van der Waals surface area contributed by atoms with Crippen molar-refractivity contribution in [2.45, 2.75) is 26.9 Å². The van der Waals surface area contributed by atoms with Crippen LogP contribution < -0.4 is 4.74 Å². The molecule has 0 amide bonds. The van der Waals surface area contributed by atoms with Gasteiger partial charge in [0.1, 0.15) is 29.3 Å². The number of furan rings is 1. The third-order valence-electron chi connectivity index (χ3n) is 6.47. The monoisotopic (exact) mass is 476 g/mol. The molecule has 178 valence electrons. The smallest absolute Gasteiger partial charge is 0.309 e. The van der Waals surface area contributed by atoms with Crippen molar-refractivity contribution in [1.82, 2.24) is 10.1 Å². The summed E-state index contributed by atoms with van der Waals surface area (Å²) >= 11 is 0. The molecule has 0 fully saturated rings. The fourth-order valence-corrected chi connectivity index (χ4v) is 4.64. The zero-order valence-electron chi connectivity index (χ0n) is 20.0. The van der Waals surface area contributed by atoms with E-state index in [0.29, 0.717) is 29.5 Å². The maximum Gasteiger partial charge on any atom is 0.309 e. The minimum Gasteiger partial charge on any atom is -0.488 e. The van der Waals surface area contributed by atoms with E-state index in [2.05, 4.69) is 18.1 Å². The molecule has 0 unspecified atom stereocenters. The highest BCUT2D eigenvalue weighted by Crippen LogP contribution is 2.41. The Labute approximate surface area is 207 Å². The Morgan fingerprint density at radius 1 is 0.917 bits per heavy atom. The first-order chi connectivity index (χ1) is 17.6. The summed E-state index contributed by atoms with van der Waals surface area (Å²) in [4.78, 5) is 5.09. The number of hydrogen-bond acceptors (Lipinski definition) is 6. The van der Waals surface area contributed by atoms with E-state index in [4.69, 9.17) is 18.7 Å². The molecule has 3 aromatic heterocycles. The van der Waals surface area contributed by atoms with Gasteiger partial charge in [-0.25, -0.2) is 4.98 Å². The Morgan fingerprint density at radius 2 is 1.72 bits per heavy atom. The number of aromatic hydroxyl groups is 1. The second kappa shape index (κ2) is 8.89. The van der Waals surface area contributed by atoms with E-state index in [1.807, 2.05) is 73.7 Å². The van der Waals surface area contributed by atoms with Gasteiger partial charge in [-0.15, -0.1) is 0 Å². The van der Waals surface area contributed by atoms with Gasteiger partial charge in [-0.2, -0.15) is 0 Å².